The van der Waals surface area contributed by atoms with Crippen LogP contribution in [-0.4, -0.2) is 12.1 Å². The predicted molar refractivity (Wildman–Crippen MR) is 58.8 cm³/mol. The van der Waals surface area contributed by atoms with E-state index >= 15 is 0 Å². The minimum absolute atomic E-state index is 0.217. The zero-order valence-corrected chi connectivity index (χ0v) is 9.30. The minimum Gasteiger partial charge on any atom is -0.483 e. The fourth-order valence-electron chi connectivity index (χ4n) is 1.61. The molecule has 0 bridgehead atoms. The van der Waals surface area contributed by atoms with E-state index < -0.39 is 0 Å². The number of ether oxygens (including phenoxy) is 1. The third-order valence-electron chi connectivity index (χ3n) is 3.14. The van der Waals surface area contributed by atoms with Gasteiger partial charge in [-0.1, -0.05) is 13.8 Å². The lowest BCUT2D eigenvalue weighted by Crippen LogP contribution is -2.47. The highest BCUT2D eigenvalue weighted by Gasteiger charge is 2.34. The minimum atomic E-state index is -0.238. The predicted octanol–water partition coefficient (Wildman–Crippen LogP) is 3.04. The van der Waals surface area contributed by atoms with Gasteiger partial charge in [-0.2, -0.15) is 0 Å². The summed E-state index contributed by atoms with van der Waals surface area (Å²) in [5, 5.41) is 3.21. The fraction of sp³-hybridized carbons (Fsp3) is 0.500. The normalized spacial score (nSPS) is 24.3. The Labute approximate surface area is 89.4 Å². The zero-order chi connectivity index (χ0) is 11.1. The molecule has 1 aliphatic heterocycles. The van der Waals surface area contributed by atoms with Crippen LogP contribution in [0.5, 0.6) is 5.75 Å². The number of anilines is 1. The van der Waals surface area contributed by atoms with Gasteiger partial charge in [-0.05, 0) is 25.0 Å². The molecule has 1 atom stereocenters. The molecule has 0 spiro atoms. The van der Waals surface area contributed by atoms with Gasteiger partial charge in [0.1, 0.15) is 17.2 Å². The molecule has 0 radical (unpaired) electrons. The van der Waals surface area contributed by atoms with E-state index in [9.17, 15) is 4.39 Å². The highest BCUT2D eigenvalue weighted by atomic mass is 19.1. The average Bonchev–Trinajstić information content (AvgIpc) is 2.18. The second-order valence-corrected chi connectivity index (χ2v) is 4.56. The van der Waals surface area contributed by atoms with Crippen molar-refractivity contribution in [2.24, 2.45) is 5.92 Å². The van der Waals surface area contributed by atoms with Crippen molar-refractivity contribution in [1.82, 2.24) is 0 Å². The van der Waals surface area contributed by atoms with Crippen molar-refractivity contribution < 1.29 is 9.13 Å². The maximum absolute atomic E-state index is 13.0. The molecule has 1 aromatic rings. The summed E-state index contributed by atoms with van der Waals surface area (Å²) >= 11 is 0. The Balaban J connectivity index is 2.31. The summed E-state index contributed by atoms with van der Waals surface area (Å²) in [5.41, 5.74) is 0.526. The molecule has 1 aliphatic rings. The zero-order valence-electron chi connectivity index (χ0n) is 9.30. The molecule has 0 aliphatic carbocycles. The number of benzene rings is 1. The summed E-state index contributed by atoms with van der Waals surface area (Å²) in [6.07, 6.45) is 0. The van der Waals surface area contributed by atoms with Gasteiger partial charge in [0.25, 0.3) is 0 Å². The number of nitrogens with one attached hydrogen (secondary N) is 1. The molecule has 1 unspecified atom stereocenters. The van der Waals surface area contributed by atoms with Gasteiger partial charge in [0.05, 0.1) is 12.2 Å². The van der Waals surface area contributed by atoms with Crippen LogP contribution in [0.4, 0.5) is 10.1 Å². The van der Waals surface area contributed by atoms with Crippen LogP contribution >= 0.6 is 0 Å². The maximum Gasteiger partial charge on any atom is 0.143 e. The Morgan fingerprint density at radius 1 is 1.47 bits per heavy atom. The quantitative estimate of drug-likeness (QED) is 0.767. The van der Waals surface area contributed by atoms with Crippen molar-refractivity contribution in [2.75, 3.05) is 11.9 Å². The smallest absolute Gasteiger partial charge is 0.143 e. The highest BCUT2D eigenvalue weighted by molar-refractivity contribution is 5.58. The summed E-state index contributed by atoms with van der Waals surface area (Å²) in [5.74, 6) is 0.903. The molecule has 0 amide bonds. The van der Waals surface area contributed by atoms with Crippen molar-refractivity contribution in [3.05, 3.63) is 24.0 Å². The first-order valence-electron chi connectivity index (χ1n) is 5.24. The number of rotatable bonds is 1. The van der Waals surface area contributed by atoms with E-state index in [0.29, 0.717) is 12.5 Å². The topological polar surface area (TPSA) is 21.3 Å². The summed E-state index contributed by atoms with van der Waals surface area (Å²) in [4.78, 5) is 0. The molecule has 2 nitrogen and oxygen atoms in total. The van der Waals surface area contributed by atoms with Crippen LogP contribution < -0.4 is 10.1 Å². The number of hydrogen-bond donors (Lipinski definition) is 1. The largest absolute Gasteiger partial charge is 0.483 e. The molecular weight excluding hydrogens is 193 g/mol. The van der Waals surface area contributed by atoms with Gasteiger partial charge in [-0.3, -0.25) is 0 Å². The van der Waals surface area contributed by atoms with Gasteiger partial charge < -0.3 is 10.1 Å². The molecule has 0 aromatic heterocycles. The van der Waals surface area contributed by atoms with Gasteiger partial charge in [-0.25, -0.2) is 4.39 Å². The van der Waals surface area contributed by atoms with Gasteiger partial charge in [0, 0.05) is 6.07 Å². The van der Waals surface area contributed by atoms with E-state index in [0.717, 1.165) is 11.4 Å². The summed E-state index contributed by atoms with van der Waals surface area (Å²) < 4.78 is 18.9. The Morgan fingerprint density at radius 2 is 2.20 bits per heavy atom. The van der Waals surface area contributed by atoms with Crippen molar-refractivity contribution in [1.29, 1.82) is 0 Å². The van der Waals surface area contributed by atoms with Crippen molar-refractivity contribution >= 4 is 5.69 Å². The van der Waals surface area contributed by atoms with Crippen molar-refractivity contribution in [3.8, 4) is 5.75 Å². The number of halogens is 1. The second kappa shape index (κ2) is 3.40. The van der Waals surface area contributed by atoms with E-state index in [1.165, 1.54) is 12.1 Å². The molecule has 3 heteroatoms. The number of fused-ring (bicyclic) bond motifs is 1. The van der Waals surface area contributed by atoms with E-state index in [1.807, 2.05) is 0 Å². The molecule has 15 heavy (non-hydrogen) atoms. The van der Waals surface area contributed by atoms with Gasteiger partial charge >= 0.3 is 0 Å². The Morgan fingerprint density at radius 3 is 2.87 bits per heavy atom. The standard InChI is InChI=1S/C12H16FNO/c1-8(2)12(3)7-14-10-6-9(13)4-5-11(10)15-12/h4-6,8,14H,7H2,1-3H3. The third kappa shape index (κ3) is 1.78. The van der Waals surface area contributed by atoms with Crippen LogP contribution in [0.2, 0.25) is 0 Å². The third-order valence-corrected chi connectivity index (χ3v) is 3.14. The summed E-state index contributed by atoms with van der Waals surface area (Å²) in [6.45, 7) is 7.02. The van der Waals surface area contributed by atoms with E-state index in [-0.39, 0.29) is 11.4 Å². The first kappa shape index (κ1) is 10.3. The average molecular weight is 209 g/mol. The Kier molecular flexibility index (Phi) is 2.33. The SMILES string of the molecule is CC(C)C1(C)CNc2cc(F)ccc2O1. The van der Waals surface area contributed by atoms with Crippen LogP contribution in [0.25, 0.3) is 0 Å². The lowest BCUT2D eigenvalue weighted by atomic mass is 9.91. The number of hydrogen-bond acceptors (Lipinski definition) is 2. The van der Waals surface area contributed by atoms with Gasteiger partial charge in [0.2, 0.25) is 0 Å². The van der Waals surface area contributed by atoms with Crippen LogP contribution in [0.15, 0.2) is 18.2 Å². The monoisotopic (exact) mass is 209 g/mol. The second-order valence-electron chi connectivity index (χ2n) is 4.56. The molecule has 1 N–H and O–H groups in total. The molecule has 0 saturated heterocycles. The fourth-order valence-corrected chi connectivity index (χ4v) is 1.61. The lowest BCUT2D eigenvalue weighted by molar-refractivity contribution is 0.0474. The molecule has 0 saturated carbocycles. The van der Waals surface area contributed by atoms with Crippen LogP contribution in [0.1, 0.15) is 20.8 Å². The van der Waals surface area contributed by atoms with Crippen LogP contribution in [0.3, 0.4) is 0 Å². The van der Waals surface area contributed by atoms with Crippen molar-refractivity contribution in [3.63, 3.8) is 0 Å². The lowest BCUT2D eigenvalue weighted by Gasteiger charge is -2.39. The Bertz CT molecular complexity index is 378. The first-order chi connectivity index (χ1) is 7.01. The summed E-state index contributed by atoms with van der Waals surface area (Å²) in [6, 6.07) is 4.57. The van der Waals surface area contributed by atoms with Crippen LogP contribution in [0, 0.1) is 11.7 Å². The molecule has 0 fully saturated rings. The molecular formula is C12H16FNO. The van der Waals surface area contributed by atoms with Crippen LogP contribution in [-0.2, 0) is 0 Å². The van der Waals surface area contributed by atoms with E-state index in [2.05, 4.69) is 26.1 Å². The molecule has 82 valence electrons. The van der Waals surface area contributed by atoms with E-state index in [1.54, 1.807) is 6.07 Å². The first-order valence-corrected chi connectivity index (χ1v) is 5.24. The van der Waals surface area contributed by atoms with Crippen molar-refractivity contribution in [2.45, 2.75) is 26.4 Å². The summed E-state index contributed by atoms with van der Waals surface area (Å²) in [7, 11) is 0. The van der Waals surface area contributed by atoms with Gasteiger partial charge in [-0.15, -0.1) is 0 Å². The molecule has 2 rings (SSSR count). The van der Waals surface area contributed by atoms with Gasteiger partial charge in [0.15, 0.2) is 0 Å². The van der Waals surface area contributed by atoms with E-state index in [4.69, 9.17) is 4.74 Å². The maximum atomic E-state index is 13.0. The molecule has 1 heterocycles. The molecule has 1 aromatic carbocycles. The Hall–Kier alpha value is -1.25. The highest BCUT2D eigenvalue weighted by Crippen LogP contribution is 2.36.